The van der Waals surface area contributed by atoms with Gasteiger partial charge in [0.25, 0.3) is 5.56 Å². The van der Waals surface area contributed by atoms with Gasteiger partial charge in [-0.15, -0.1) is 0 Å². The highest BCUT2D eigenvalue weighted by Gasteiger charge is 2.39. The third-order valence-electron chi connectivity index (χ3n) is 6.32. The fourth-order valence-corrected chi connectivity index (χ4v) is 7.06. The number of H-pyrrole nitrogens is 1. The van der Waals surface area contributed by atoms with Gasteiger partial charge < -0.3 is 9.79 Å². The molecule has 1 aliphatic carbocycles. The zero-order valence-electron chi connectivity index (χ0n) is 17.1. The van der Waals surface area contributed by atoms with E-state index in [-0.39, 0.29) is 17.4 Å². The molecule has 1 aromatic heterocycles. The Morgan fingerprint density at radius 1 is 1.16 bits per heavy atom. The third kappa shape index (κ3) is 3.88. The summed E-state index contributed by atoms with van der Waals surface area (Å²) in [5.41, 5.74) is 1.28. The maximum absolute atomic E-state index is 14.8. The summed E-state index contributed by atoms with van der Waals surface area (Å²) in [7, 11) is -2.68. The Kier molecular flexibility index (Phi) is 5.11. The molecule has 2 aliphatic rings. The van der Waals surface area contributed by atoms with Gasteiger partial charge in [-0.05, 0) is 36.6 Å². The van der Waals surface area contributed by atoms with Gasteiger partial charge in [0.1, 0.15) is 5.82 Å². The van der Waals surface area contributed by atoms with Gasteiger partial charge in [-0.3, -0.25) is 9.59 Å². The number of aromatic nitrogens is 2. The minimum absolute atomic E-state index is 0.157. The first kappa shape index (κ1) is 20.3. The number of halogens is 1. The van der Waals surface area contributed by atoms with Crippen LogP contribution in [0.4, 0.5) is 4.39 Å². The summed E-state index contributed by atoms with van der Waals surface area (Å²) < 4.78 is 14.8. The molecule has 2 aromatic carbocycles. The standard InChI is InChI=1S/C23H24FN3O3P/c24-19-8-5-15(13-20-17-3-1-2-4-18(17)22(28)26-25-20)14-21(19)31(30)11-9-27(10-12-31)23(29)16-6-7-16/h1-5,8,14,16,30H,6-7,9-13H2,(H,26,28). The van der Waals surface area contributed by atoms with Gasteiger partial charge in [-0.1, -0.05) is 24.3 Å². The van der Waals surface area contributed by atoms with Crippen molar-refractivity contribution in [3.63, 3.8) is 0 Å². The second kappa shape index (κ2) is 7.81. The quantitative estimate of drug-likeness (QED) is 0.611. The van der Waals surface area contributed by atoms with E-state index in [0.29, 0.717) is 48.2 Å². The number of rotatable bonds is 4. The molecule has 8 heteroatoms. The van der Waals surface area contributed by atoms with Crippen LogP contribution in [0.25, 0.3) is 10.8 Å². The molecule has 5 rings (SSSR count). The lowest BCUT2D eigenvalue weighted by molar-refractivity contribution is -0.132. The zero-order chi connectivity index (χ0) is 21.6. The number of aromatic amines is 1. The SMILES string of the molecule is O=C(C1CC1)N1CC[P](O)(c2cc(Cc3n[nH]c(=O)c4ccccc34)ccc2F)CC1. The number of nitrogens with zero attached hydrogens (tertiary/aromatic N) is 2. The molecule has 0 bridgehead atoms. The predicted molar refractivity (Wildman–Crippen MR) is 119 cm³/mol. The Hall–Kier alpha value is -2.63. The molecule has 161 valence electrons. The van der Waals surface area contributed by atoms with Crippen molar-refractivity contribution in [3.05, 3.63) is 69.9 Å². The van der Waals surface area contributed by atoms with E-state index in [9.17, 15) is 18.9 Å². The summed E-state index contributed by atoms with van der Waals surface area (Å²) in [6, 6.07) is 12.1. The number of benzene rings is 2. The van der Waals surface area contributed by atoms with E-state index in [2.05, 4.69) is 10.2 Å². The molecule has 6 nitrogen and oxygen atoms in total. The van der Waals surface area contributed by atoms with E-state index in [4.69, 9.17) is 0 Å². The van der Waals surface area contributed by atoms with Gasteiger partial charge in [0.15, 0.2) is 0 Å². The molecule has 1 amide bonds. The highest BCUT2D eigenvalue weighted by atomic mass is 31.2. The number of hydrogen-bond acceptors (Lipinski definition) is 4. The van der Waals surface area contributed by atoms with Crippen molar-refractivity contribution in [2.45, 2.75) is 19.3 Å². The van der Waals surface area contributed by atoms with Gasteiger partial charge in [-0.25, -0.2) is 9.49 Å². The lowest BCUT2D eigenvalue weighted by atomic mass is 10.0. The van der Waals surface area contributed by atoms with Crippen LogP contribution in [0.2, 0.25) is 0 Å². The summed E-state index contributed by atoms with van der Waals surface area (Å²) in [6.07, 6.45) is 3.17. The second-order valence-electron chi connectivity index (χ2n) is 8.48. The molecule has 0 spiro atoms. The molecule has 1 aliphatic heterocycles. The van der Waals surface area contributed by atoms with Gasteiger partial charge in [0.2, 0.25) is 5.91 Å². The summed E-state index contributed by atoms with van der Waals surface area (Å²) in [6.45, 7) is 0.963. The van der Waals surface area contributed by atoms with Crippen LogP contribution in [0.5, 0.6) is 0 Å². The van der Waals surface area contributed by atoms with E-state index in [1.807, 2.05) is 17.0 Å². The number of fused-ring (bicyclic) bond motifs is 1. The molecule has 0 unspecified atom stereocenters. The first-order chi connectivity index (χ1) is 14.9. The molecule has 1 saturated heterocycles. The van der Waals surface area contributed by atoms with Gasteiger partial charge >= 0.3 is 0 Å². The fourth-order valence-electron chi connectivity index (χ4n) is 4.33. The lowest BCUT2D eigenvalue weighted by Gasteiger charge is -2.40. The summed E-state index contributed by atoms with van der Waals surface area (Å²) in [4.78, 5) is 37.5. The van der Waals surface area contributed by atoms with E-state index in [0.717, 1.165) is 23.8 Å². The average Bonchev–Trinajstić information content (AvgIpc) is 3.63. The largest absolute Gasteiger partial charge is 0.375 e. The number of nitrogens with one attached hydrogen (secondary N) is 1. The first-order valence-corrected chi connectivity index (χ1v) is 12.7. The molecule has 3 aromatic rings. The average molecular weight is 440 g/mol. The molecule has 2 N–H and O–H groups in total. The van der Waals surface area contributed by atoms with Crippen LogP contribution in [0.3, 0.4) is 0 Å². The van der Waals surface area contributed by atoms with E-state index < -0.39 is 13.3 Å². The normalized spacial score (nSPS) is 18.3. The van der Waals surface area contributed by atoms with Crippen molar-refractivity contribution in [2.24, 2.45) is 5.92 Å². The molecular weight excluding hydrogens is 416 g/mol. The highest BCUT2D eigenvalue weighted by molar-refractivity contribution is 7.77. The van der Waals surface area contributed by atoms with E-state index in [1.54, 1.807) is 24.3 Å². The van der Waals surface area contributed by atoms with Gasteiger partial charge in [0, 0.05) is 55.9 Å². The van der Waals surface area contributed by atoms with Crippen molar-refractivity contribution < 1.29 is 14.1 Å². The molecular formula is C23H24FN3O3P. The van der Waals surface area contributed by atoms with Crippen LogP contribution >= 0.6 is 7.49 Å². The van der Waals surface area contributed by atoms with E-state index >= 15 is 0 Å². The number of carbonyl (C=O) groups excluding carboxylic acids is 1. The Morgan fingerprint density at radius 2 is 1.87 bits per heavy atom. The summed E-state index contributed by atoms with van der Waals surface area (Å²) in [5, 5.41) is 8.43. The molecule has 2 fully saturated rings. The molecule has 1 saturated carbocycles. The van der Waals surface area contributed by atoms with Crippen LogP contribution < -0.4 is 10.9 Å². The van der Waals surface area contributed by atoms with Crippen LogP contribution in [-0.4, -0.2) is 51.3 Å². The topological polar surface area (TPSA) is 86.3 Å². The van der Waals surface area contributed by atoms with Crippen molar-refractivity contribution in [1.29, 1.82) is 0 Å². The molecule has 1 radical (unpaired) electrons. The molecule has 2 heterocycles. The Labute approximate surface area is 179 Å². The number of amides is 1. The van der Waals surface area contributed by atoms with Crippen molar-refractivity contribution in [1.82, 2.24) is 15.1 Å². The fraction of sp³-hybridized carbons (Fsp3) is 0.348. The Morgan fingerprint density at radius 3 is 2.58 bits per heavy atom. The smallest absolute Gasteiger partial charge is 0.272 e. The Bertz CT molecular complexity index is 1220. The maximum atomic E-state index is 14.8. The first-order valence-electron chi connectivity index (χ1n) is 10.6. The third-order valence-corrected chi connectivity index (χ3v) is 9.44. The minimum Gasteiger partial charge on any atom is -0.375 e. The second-order valence-corrected chi connectivity index (χ2v) is 11.7. The van der Waals surface area contributed by atoms with Crippen LogP contribution in [-0.2, 0) is 11.2 Å². The van der Waals surface area contributed by atoms with Gasteiger partial charge in [-0.2, -0.15) is 5.10 Å². The summed E-state index contributed by atoms with van der Waals surface area (Å²) >= 11 is 0. The molecule has 31 heavy (non-hydrogen) atoms. The maximum Gasteiger partial charge on any atom is 0.272 e. The minimum atomic E-state index is -2.68. The zero-order valence-corrected chi connectivity index (χ0v) is 17.9. The number of carbonyl (C=O) groups is 1. The monoisotopic (exact) mass is 440 g/mol. The van der Waals surface area contributed by atoms with Gasteiger partial charge in [0.05, 0.1) is 11.1 Å². The predicted octanol–water partition coefficient (Wildman–Crippen LogP) is 2.46. The Balaban J connectivity index is 1.41. The van der Waals surface area contributed by atoms with Crippen LogP contribution in [0, 0.1) is 11.7 Å². The molecule has 0 atom stereocenters. The summed E-state index contributed by atoms with van der Waals surface area (Å²) in [5.74, 6) is -0.0680. The van der Waals surface area contributed by atoms with Crippen molar-refractivity contribution in [2.75, 3.05) is 25.4 Å². The van der Waals surface area contributed by atoms with Crippen LogP contribution in [0.1, 0.15) is 24.1 Å². The van der Waals surface area contributed by atoms with Crippen LogP contribution in [0.15, 0.2) is 47.3 Å². The highest BCUT2D eigenvalue weighted by Crippen LogP contribution is 2.55. The number of hydrogen-bond donors (Lipinski definition) is 2. The van der Waals surface area contributed by atoms with E-state index in [1.165, 1.54) is 6.07 Å². The van der Waals surface area contributed by atoms with Crippen molar-refractivity contribution in [3.8, 4) is 0 Å². The lowest BCUT2D eigenvalue weighted by Crippen LogP contribution is -2.43. The van der Waals surface area contributed by atoms with Crippen molar-refractivity contribution >= 4 is 29.5 Å².